The molecule has 2 nitrogen and oxygen atoms in total. The third-order valence-electron chi connectivity index (χ3n) is 1.83. The van der Waals surface area contributed by atoms with Gasteiger partial charge in [0, 0.05) is 12.2 Å². The molecule has 0 radical (unpaired) electrons. The van der Waals surface area contributed by atoms with Crippen molar-refractivity contribution in [2.24, 2.45) is 17.4 Å². The molecular formula is C8H14N2. The van der Waals surface area contributed by atoms with Gasteiger partial charge in [-0.2, -0.15) is 0 Å². The van der Waals surface area contributed by atoms with Crippen molar-refractivity contribution in [1.82, 2.24) is 0 Å². The molecule has 10 heavy (non-hydrogen) atoms. The molecule has 1 aliphatic carbocycles. The summed E-state index contributed by atoms with van der Waals surface area (Å²) in [6.45, 7) is 2.76. The molecule has 56 valence electrons. The topological polar surface area (TPSA) is 52.0 Å². The third kappa shape index (κ3) is 1.39. The first-order chi connectivity index (χ1) is 4.74. The van der Waals surface area contributed by atoms with E-state index in [1.165, 1.54) is 5.57 Å². The Hall–Kier alpha value is -0.760. The molecule has 0 aromatic rings. The molecule has 2 heteroatoms. The van der Waals surface area contributed by atoms with Gasteiger partial charge in [0.05, 0.1) is 0 Å². The van der Waals surface area contributed by atoms with Crippen molar-refractivity contribution < 1.29 is 0 Å². The van der Waals surface area contributed by atoms with E-state index in [0.29, 0.717) is 12.5 Å². The monoisotopic (exact) mass is 138 g/mol. The molecule has 0 fully saturated rings. The van der Waals surface area contributed by atoms with E-state index < -0.39 is 0 Å². The van der Waals surface area contributed by atoms with Crippen LogP contribution in [0.5, 0.6) is 0 Å². The number of nitrogens with two attached hydrogens (primary N) is 2. The van der Waals surface area contributed by atoms with Gasteiger partial charge < -0.3 is 11.5 Å². The van der Waals surface area contributed by atoms with Crippen LogP contribution in [-0.4, -0.2) is 6.54 Å². The molecule has 0 aromatic heterocycles. The molecule has 1 unspecified atom stereocenters. The quantitative estimate of drug-likeness (QED) is 0.562. The van der Waals surface area contributed by atoms with Gasteiger partial charge in [-0.15, -0.1) is 0 Å². The molecule has 0 bridgehead atoms. The lowest BCUT2D eigenvalue weighted by Gasteiger charge is -2.15. The fourth-order valence-electron chi connectivity index (χ4n) is 1.16. The van der Waals surface area contributed by atoms with Gasteiger partial charge in [-0.1, -0.05) is 13.0 Å². The fourth-order valence-corrected chi connectivity index (χ4v) is 1.16. The third-order valence-corrected chi connectivity index (χ3v) is 1.83. The average Bonchev–Trinajstić information content (AvgIpc) is 1.94. The Morgan fingerprint density at radius 3 is 2.90 bits per heavy atom. The molecule has 0 amide bonds. The second-order valence-corrected chi connectivity index (χ2v) is 2.80. The summed E-state index contributed by atoms with van der Waals surface area (Å²) in [5.74, 6) is 0.603. The van der Waals surface area contributed by atoms with Gasteiger partial charge in [0.25, 0.3) is 0 Å². The molecule has 0 heterocycles. The largest absolute Gasteiger partial charge is 0.399 e. The van der Waals surface area contributed by atoms with Crippen LogP contribution in [0.4, 0.5) is 0 Å². The van der Waals surface area contributed by atoms with Crippen molar-refractivity contribution in [3.05, 3.63) is 23.4 Å². The maximum Gasteiger partial charge on any atom is 0.0315 e. The van der Waals surface area contributed by atoms with E-state index in [0.717, 1.165) is 12.1 Å². The van der Waals surface area contributed by atoms with E-state index in [9.17, 15) is 0 Å². The standard InChI is InChI=1S/C8H14N2/c1-6-2-3-8(10)7(4-6)5-9/h2-3,6H,4-5,9-10H2,1H3. The molecule has 1 atom stereocenters. The Kier molecular flexibility index (Phi) is 2.12. The highest BCUT2D eigenvalue weighted by Crippen LogP contribution is 2.19. The van der Waals surface area contributed by atoms with E-state index in [1.807, 2.05) is 6.08 Å². The molecule has 0 aromatic carbocycles. The van der Waals surface area contributed by atoms with E-state index >= 15 is 0 Å². The lowest BCUT2D eigenvalue weighted by Crippen LogP contribution is -2.15. The highest BCUT2D eigenvalue weighted by molar-refractivity contribution is 5.28. The smallest absolute Gasteiger partial charge is 0.0315 e. The molecule has 1 rings (SSSR count). The molecule has 4 N–H and O–H groups in total. The normalized spacial score (nSPS) is 25.6. The average molecular weight is 138 g/mol. The van der Waals surface area contributed by atoms with Gasteiger partial charge in [-0.3, -0.25) is 0 Å². The minimum Gasteiger partial charge on any atom is -0.399 e. The maximum absolute atomic E-state index is 5.66. The second kappa shape index (κ2) is 2.88. The van der Waals surface area contributed by atoms with Crippen molar-refractivity contribution in [3.63, 3.8) is 0 Å². The Labute approximate surface area is 61.6 Å². The summed E-state index contributed by atoms with van der Waals surface area (Å²) in [6.07, 6.45) is 5.10. The molecule has 0 aliphatic heterocycles. The zero-order valence-electron chi connectivity index (χ0n) is 6.30. The van der Waals surface area contributed by atoms with Crippen molar-refractivity contribution in [1.29, 1.82) is 0 Å². The highest BCUT2D eigenvalue weighted by Gasteiger charge is 2.08. The van der Waals surface area contributed by atoms with Crippen LogP contribution in [0, 0.1) is 5.92 Å². The van der Waals surface area contributed by atoms with Gasteiger partial charge in [0.1, 0.15) is 0 Å². The Morgan fingerprint density at radius 1 is 1.70 bits per heavy atom. The Bertz CT molecular complexity index is 180. The Morgan fingerprint density at radius 2 is 2.40 bits per heavy atom. The van der Waals surface area contributed by atoms with Crippen LogP contribution >= 0.6 is 0 Å². The van der Waals surface area contributed by atoms with Crippen LogP contribution in [0.1, 0.15) is 13.3 Å². The van der Waals surface area contributed by atoms with E-state index in [-0.39, 0.29) is 0 Å². The molecule has 0 saturated carbocycles. The summed E-state index contributed by atoms with van der Waals surface area (Å²) < 4.78 is 0. The Balaban J connectivity index is 2.74. The summed E-state index contributed by atoms with van der Waals surface area (Å²) in [6, 6.07) is 0. The number of allylic oxidation sites excluding steroid dienone is 2. The van der Waals surface area contributed by atoms with Crippen molar-refractivity contribution in [2.75, 3.05) is 6.54 Å². The van der Waals surface area contributed by atoms with Crippen LogP contribution in [-0.2, 0) is 0 Å². The second-order valence-electron chi connectivity index (χ2n) is 2.80. The molecule has 1 aliphatic rings. The predicted molar refractivity (Wildman–Crippen MR) is 43.2 cm³/mol. The summed E-state index contributed by atoms with van der Waals surface area (Å²) in [5.41, 5.74) is 13.2. The molecule has 0 saturated heterocycles. The fraction of sp³-hybridized carbons (Fsp3) is 0.500. The number of rotatable bonds is 1. The van der Waals surface area contributed by atoms with Gasteiger partial charge >= 0.3 is 0 Å². The van der Waals surface area contributed by atoms with E-state index in [1.54, 1.807) is 0 Å². The highest BCUT2D eigenvalue weighted by atomic mass is 14.6. The zero-order chi connectivity index (χ0) is 7.56. The van der Waals surface area contributed by atoms with Crippen molar-refractivity contribution in [3.8, 4) is 0 Å². The van der Waals surface area contributed by atoms with Crippen LogP contribution in [0.15, 0.2) is 23.4 Å². The first-order valence-corrected chi connectivity index (χ1v) is 3.59. The number of hydrogen-bond acceptors (Lipinski definition) is 2. The van der Waals surface area contributed by atoms with Gasteiger partial charge in [0.2, 0.25) is 0 Å². The van der Waals surface area contributed by atoms with Gasteiger partial charge in [0.15, 0.2) is 0 Å². The first kappa shape index (κ1) is 7.35. The van der Waals surface area contributed by atoms with Crippen LogP contribution in [0.25, 0.3) is 0 Å². The van der Waals surface area contributed by atoms with E-state index in [2.05, 4.69) is 13.0 Å². The van der Waals surface area contributed by atoms with Crippen LogP contribution < -0.4 is 11.5 Å². The summed E-state index contributed by atoms with van der Waals surface area (Å²) in [7, 11) is 0. The maximum atomic E-state index is 5.66. The van der Waals surface area contributed by atoms with Gasteiger partial charge in [-0.25, -0.2) is 0 Å². The zero-order valence-corrected chi connectivity index (χ0v) is 6.30. The van der Waals surface area contributed by atoms with E-state index in [4.69, 9.17) is 11.5 Å². The lowest BCUT2D eigenvalue weighted by molar-refractivity contribution is 0.687. The summed E-state index contributed by atoms with van der Waals surface area (Å²) in [4.78, 5) is 0. The van der Waals surface area contributed by atoms with Crippen molar-refractivity contribution in [2.45, 2.75) is 13.3 Å². The SMILES string of the molecule is CC1C=CC(N)=C(CN)C1. The first-order valence-electron chi connectivity index (χ1n) is 3.59. The van der Waals surface area contributed by atoms with Gasteiger partial charge in [-0.05, 0) is 24.0 Å². The molecule has 0 spiro atoms. The minimum atomic E-state index is 0.598. The number of hydrogen-bond donors (Lipinski definition) is 2. The van der Waals surface area contributed by atoms with Crippen molar-refractivity contribution >= 4 is 0 Å². The lowest BCUT2D eigenvalue weighted by atomic mass is 9.94. The summed E-state index contributed by atoms with van der Waals surface area (Å²) in [5, 5.41) is 0. The minimum absolute atomic E-state index is 0.598. The predicted octanol–water partition coefficient (Wildman–Crippen LogP) is 0.754. The van der Waals surface area contributed by atoms with Crippen LogP contribution in [0.3, 0.4) is 0 Å². The molecular weight excluding hydrogens is 124 g/mol. The summed E-state index contributed by atoms with van der Waals surface area (Å²) >= 11 is 0. The van der Waals surface area contributed by atoms with Crippen LogP contribution in [0.2, 0.25) is 0 Å².